The molecule has 1 aliphatic carbocycles. The van der Waals surface area contributed by atoms with Gasteiger partial charge < -0.3 is 10.6 Å². The second-order valence-electron chi connectivity index (χ2n) is 7.73. The fourth-order valence-electron chi connectivity index (χ4n) is 2.98. The average Bonchev–Trinajstić information content (AvgIpc) is 3.32. The Hall–Kier alpha value is -1.86. The van der Waals surface area contributed by atoms with Crippen LogP contribution in [0.4, 0.5) is 0 Å². The minimum atomic E-state index is -0.733. The maximum atomic E-state index is 12.3. The van der Waals surface area contributed by atoms with Crippen molar-refractivity contribution in [3.63, 3.8) is 0 Å². The molecule has 0 aliphatic heterocycles. The molecule has 124 valence electrons. The van der Waals surface area contributed by atoms with E-state index in [0.29, 0.717) is 5.92 Å². The molecule has 1 aromatic rings. The van der Waals surface area contributed by atoms with Crippen LogP contribution in [-0.2, 0) is 4.79 Å². The van der Waals surface area contributed by atoms with E-state index in [9.17, 15) is 10.1 Å². The molecule has 2 atom stereocenters. The van der Waals surface area contributed by atoms with Gasteiger partial charge in [-0.2, -0.15) is 5.26 Å². The van der Waals surface area contributed by atoms with Gasteiger partial charge in [-0.3, -0.25) is 4.79 Å². The van der Waals surface area contributed by atoms with Crippen LogP contribution in [0, 0.1) is 22.7 Å². The maximum Gasteiger partial charge on any atom is 0.235 e. The molecule has 1 aliphatic rings. The third kappa shape index (κ3) is 4.56. The van der Waals surface area contributed by atoms with Crippen LogP contribution in [0.3, 0.4) is 0 Å². The Morgan fingerprint density at radius 3 is 2.35 bits per heavy atom. The predicted octanol–water partition coefficient (Wildman–Crippen LogP) is 3.17. The number of carbonyl (C=O) groups excluding carboxylic acids is 1. The summed E-state index contributed by atoms with van der Waals surface area (Å²) in [6, 6.07) is 12.5. The van der Waals surface area contributed by atoms with Crippen LogP contribution in [0.1, 0.15) is 52.1 Å². The number of nitriles is 1. The van der Waals surface area contributed by atoms with Crippen molar-refractivity contribution in [2.45, 2.75) is 52.1 Å². The van der Waals surface area contributed by atoms with Crippen molar-refractivity contribution < 1.29 is 4.79 Å². The quantitative estimate of drug-likeness (QED) is 0.848. The molecule has 0 radical (unpaired) electrons. The molecular formula is C19H27N3O. The molecule has 4 heteroatoms. The minimum absolute atomic E-state index is 0.0172. The highest BCUT2D eigenvalue weighted by molar-refractivity contribution is 5.79. The number of carbonyl (C=O) groups is 1. The van der Waals surface area contributed by atoms with E-state index in [4.69, 9.17) is 0 Å². The Labute approximate surface area is 139 Å². The molecule has 0 heterocycles. The van der Waals surface area contributed by atoms with Crippen LogP contribution < -0.4 is 10.6 Å². The zero-order chi connectivity index (χ0) is 17.1. The number of nitrogens with zero attached hydrogens (tertiary/aromatic N) is 1. The maximum absolute atomic E-state index is 12.3. The van der Waals surface area contributed by atoms with Crippen molar-refractivity contribution >= 4 is 5.91 Å². The molecule has 0 bridgehead atoms. The summed E-state index contributed by atoms with van der Waals surface area (Å²) in [4.78, 5) is 12.3. The lowest BCUT2D eigenvalue weighted by molar-refractivity contribution is -0.121. The Morgan fingerprint density at radius 2 is 1.87 bits per heavy atom. The van der Waals surface area contributed by atoms with E-state index in [2.05, 4.69) is 49.6 Å². The largest absolute Gasteiger partial charge is 0.337 e. The molecule has 1 aromatic carbocycles. The fourth-order valence-corrected chi connectivity index (χ4v) is 2.98. The van der Waals surface area contributed by atoms with Crippen molar-refractivity contribution in [2.75, 3.05) is 6.54 Å². The van der Waals surface area contributed by atoms with Crippen molar-refractivity contribution in [3.8, 4) is 6.07 Å². The summed E-state index contributed by atoms with van der Waals surface area (Å²) in [6.07, 6.45) is 2.04. The third-order valence-electron chi connectivity index (χ3n) is 4.49. The number of amides is 1. The van der Waals surface area contributed by atoms with Gasteiger partial charge in [0.15, 0.2) is 0 Å². The second kappa shape index (κ2) is 6.72. The molecule has 1 saturated carbocycles. The van der Waals surface area contributed by atoms with Gasteiger partial charge in [-0.1, -0.05) is 51.1 Å². The summed E-state index contributed by atoms with van der Waals surface area (Å²) >= 11 is 0. The van der Waals surface area contributed by atoms with Gasteiger partial charge in [0, 0.05) is 6.04 Å². The van der Waals surface area contributed by atoms with Gasteiger partial charge in [-0.25, -0.2) is 0 Å². The van der Waals surface area contributed by atoms with Crippen molar-refractivity contribution in [1.82, 2.24) is 10.6 Å². The van der Waals surface area contributed by atoms with E-state index in [0.717, 1.165) is 18.4 Å². The Kier molecular flexibility index (Phi) is 5.11. The van der Waals surface area contributed by atoms with Gasteiger partial charge in [0.2, 0.25) is 5.91 Å². The van der Waals surface area contributed by atoms with E-state index in [1.54, 1.807) is 0 Å². The summed E-state index contributed by atoms with van der Waals surface area (Å²) in [7, 11) is 0. The van der Waals surface area contributed by atoms with E-state index >= 15 is 0 Å². The van der Waals surface area contributed by atoms with Crippen LogP contribution >= 0.6 is 0 Å². The Morgan fingerprint density at radius 1 is 1.26 bits per heavy atom. The molecule has 0 spiro atoms. The summed E-state index contributed by atoms with van der Waals surface area (Å²) < 4.78 is 0. The normalized spacial score (nSPS) is 18.6. The number of rotatable bonds is 6. The first-order valence-electron chi connectivity index (χ1n) is 8.27. The minimum Gasteiger partial charge on any atom is -0.337 e. The average molecular weight is 313 g/mol. The van der Waals surface area contributed by atoms with Crippen molar-refractivity contribution in [2.24, 2.45) is 11.3 Å². The van der Waals surface area contributed by atoms with E-state index in [1.807, 2.05) is 25.1 Å². The lowest BCUT2D eigenvalue weighted by Crippen LogP contribution is -2.50. The third-order valence-corrected chi connectivity index (χ3v) is 4.49. The highest BCUT2D eigenvalue weighted by Crippen LogP contribution is 2.39. The number of nitrogens with one attached hydrogen (secondary N) is 2. The predicted molar refractivity (Wildman–Crippen MR) is 91.5 cm³/mol. The van der Waals surface area contributed by atoms with Crippen LogP contribution in [0.2, 0.25) is 0 Å². The molecule has 23 heavy (non-hydrogen) atoms. The molecular weight excluding hydrogens is 286 g/mol. The second-order valence-corrected chi connectivity index (χ2v) is 7.73. The zero-order valence-corrected chi connectivity index (χ0v) is 14.5. The summed E-state index contributed by atoms with van der Waals surface area (Å²) in [6.45, 7) is 8.49. The Bertz CT molecular complexity index is 581. The molecule has 0 saturated heterocycles. The first kappa shape index (κ1) is 17.5. The first-order chi connectivity index (χ1) is 10.8. The SMILES string of the molecule is CC(C)(C)[C@H](NCC(=O)N[C@](C)(C#N)C1CC1)c1ccccc1. The van der Waals surface area contributed by atoms with Crippen LogP contribution in [0.5, 0.6) is 0 Å². The number of benzene rings is 1. The standard InChI is InChI=1S/C19H27N3O/c1-18(2,3)17(14-8-6-5-7-9-14)21-12-16(23)22-19(4,13-20)15-10-11-15/h5-9,15,17,21H,10-12H2,1-4H3,(H,22,23)/t17-,19-/m1/s1. The van der Waals surface area contributed by atoms with Gasteiger partial charge in [-0.15, -0.1) is 0 Å². The summed E-state index contributed by atoms with van der Waals surface area (Å²) in [5, 5.41) is 15.6. The lowest BCUT2D eigenvalue weighted by Gasteiger charge is -2.32. The van der Waals surface area contributed by atoms with Gasteiger partial charge in [0.25, 0.3) is 0 Å². The van der Waals surface area contributed by atoms with Gasteiger partial charge in [0.1, 0.15) is 5.54 Å². The first-order valence-corrected chi connectivity index (χ1v) is 8.27. The molecule has 1 amide bonds. The molecule has 1 fully saturated rings. The monoisotopic (exact) mass is 313 g/mol. The Balaban J connectivity index is 1.99. The lowest BCUT2D eigenvalue weighted by atomic mass is 9.82. The van der Waals surface area contributed by atoms with E-state index in [-0.39, 0.29) is 23.9 Å². The summed E-state index contributed by atoms with van der Waals surface area (Å²) in [5.41, 5.74) is 0.414. The summed E-state index contributed by atoms with van der Waals surface area (Å²) in [5.74, 6) is 0.176. The zero-order valence-electron chi connectivity index (χ0n) is 14.5. The topological polar surface area (TPSA) is 64.9 Å². The van der Waals surface area contributed by atoms with Crippen molar-refractivity contribution in [1.29, 1.82) is 5.26 Å². The fraction of sp³-hybridized carbons (Fsp3) is 0.579. The number of hydrogen-bond acceptors (Lipinski definition) is 3. The molecule has 2 N–H and O–H groups in total. The van der Waals surface area contributed by atoms with Gasteiger partial charge in [-0.05, 0) is 36.7 Å². The van der Waals surface area contributed by atoms with E-state index in [1.165, 1.54) is 0 Å². The van der Waals surface area contributed by atoms with Gasteiger partial charge >= 0.3 is 0 Å². The van der Waals surface area contributed by atoms with Crippen LogP contribution in [0.25, 0.3) is 0 Å². The number of hydrogen-bond donors (Lipinski definition) is 2. The smallest absolute Gasteiger partial charge is 0.235 e. The molecule has 2 rings (SSSR count). The van der Waals surface area contributed by atoms with Crippen molar-refractivity contribution in [3.05, 3.63) is 35.9 Å². The molecule has 0 aromatic heterocycles. The highest BCUT2D eigenvalue weighted by atomic mass is 16.2. The molecule has 4 nitrogen and oxygen atoms in total. The van der Waals surface area contributed by atoms with Crippen LogP contribution in [0.15, 0.2) is 30.3 Å². The van der Waals surface area contributed by atoms with Gasteiger partial charge in [0.05, 0.1) is 12.6 Å². The molecule has 0 unspecified atom stereocenters. The van der Waals surface area contributed by atoms with E-state index < -0.39 is 5.54 Å². The highest BCUT2D eigenvalue weighted by Gasteiger charge is 2.43. The van der Waals surface area contributed by atoms with Crippen LogP contribution in [-0.4, -0.2) is 18.0 Å².